The summed E-state index contributed by atoms with van der Waals surface area (Å²) in [6, 6.07) is 10.6. The number of aromatic hydroxyl groups is 2. The molecule has 1 aliphatic heterocycles. The Labute approximate surface area is 133 Å². The number of allylic oxidation sites excluding steroid dienone is 1. The topological polar surface area (TPSA) is 62.8 Å². The van der Waals surface area contributed by atoms with E-state index in [1.54, 1.807) is 6.07 Å². The van der Waals surface area contributed by atoms with E-state index in [1.165, 1.54) is 17.7 Å². The summed E-state index contributed by atoms with van der Waals surface area (Å²) >= 11 is 0. The smallest absolute Gasteiger partial charge is 0.158 e. The zero-order chi connectivity index (χ0) is 16.0. The van der Waals surface area contributed by atoms with E-state index in [1.807, 2.05) is 12.1 Å². The van der Waals surface area contributed by atoms with Crippen LogP contribution < -0.4 is 4.74 Å². The van der Waals surface area contributed by atoms with Crippen LogP contribution in [0.15, 0.2) is 52.5 Å². The second kappa shape index (κ2) is 5.09. The Morgan fingerprint density at radius 3 is 2.70 bits per heavy atom. The normalized spacial score (nSPS) is 14.0. The minimum absolute atomic E-state index is 0.146. The van der Waals surface area contributed by atoms with Gasteiger partial charge in [0.1, 0.15) is 23.7 Å². The van der Waals surface area contributed by atoms with Gasteiger partial charge in [-0.05, 0) is 54.8 Å². The van der Waals surface area contributed by atoms with Gasteiger partial charge in [0.15, 0.2) is 11.5 Å². The van der Waals surface area contributed by atoms with Crippen molar-refractivity contribution in [2.75, 3.05) is 6.61 Å². The zero-order valence-electron chi connectivity index (χ0n) is 12.7. The maximum atomic E-state index is 9.65. The average molecular weight is 308 g/mol. The number of rotatable bonds is 1. The van der Waals surface area contributed by atoms with Crippen LogP contribution >= 0.6 is 0 Å². The van der Waals surface area contributed by atoms with Crippen molar-refractivity contribution < 1.29 is 19.4 Å². The lowest BCUT2D eigenvalue weighted by Crippen LogP contribution is -1.97. The predicted octanol–water partition coefficient (Wildman–Crippen LogP) is 4.39. The number of hydrogen-bond acceptors (Lipinski definition) is 4. The largest absolute Gasteiger partial charge is 0.504 e. The molecule has 0 saturated heterocycles. The van der Waals surface area contributed by atoms with Gasteiger partial charge in [-0.25, -0.2) is 0 Å². The van der Waals surface area contributed by atoms with E-state index in [2.05, 4.69) is 19.1 Å². The maximum absolute atomic E-state index is 9.65. The fourth-order valence-electron chi connectivity index (χ4n) is 2.76. The fraction of sp³-hybridized carbons (Fsp3) is 0.158. The Morgan fingerprint density at radius 1 is 1.00 bits per heavy atom. The van der Waals surface area contributed by atoms with Crippen molar-refractivity contribution in [1.82, 2.24) is 0 Å². The summed E-state index contributed by atoms with van der Waals surface area (Å²) in [6.45, 7) is 2.66. The molecule has 2 heterocycles. The summed E-state index contributed by atoms with van der Waals surface area (Å²) < 4.78 is 11.7. The van der Waals surface area contributed by atoms with Crippen molar-refractivity contribution >= 4 is 11.0 Å². The van der Waals surface area contributed by atoms with Gasteiger partial charge in [-0.1, -0.05) is 6.08 Å². The quantitative estimate of drug-likeness (QED) is 0.517. The molecular weight excluding hydrogens is 292 g/mol. The molecule has 1 aromatic heterocycles. The summed E-state index contributed by atoms with van der Waals surface area (Å²) in [5, 5.41) is 20.1. The lowest BCUT2D eigenvalue weighted by molar-refractivity contribution is 0.352. The number of furan rings is 1. The van der Waals surface area contributed by atoms with Gasteiger partial charge < -0.3 is 19.4 Å². The van der Waals surface area contributed by atoms with Gasteiger partial charge in [0, 0.05) is 17.0 Å². The monoisotopic (exact) mass is 308 g/mol. The van der Waals surface area contributed by atoms with Crippen LogP contribution in [0.25, 0.3) is 22.3 Å². The summed E-state index contributed by atoms with van der Waals surface area (Å²) in [6.07, 6.45) is 3.02. The molecule has 116 valence electrons. The first kappa shape index (κ1) is 13.8. The number of phenolic OH excluding ortho intramolecular Hbond substituents is 2. The van der Waals surface area contributed by atoms with Gasteiger partial charge in [-0.2, -0.15) is 0 Å². The lowest BCUT2D eigenvalue weighted by atomic mass is 10.1. The molecule has 2 aromatic carbocycles. The van der Waals surface area contributed by atoms with Gasteiger partial charge in [-0.15, -0.1) is 0 Å². The maximum Gasteiger partial charge on any atom is 0.158 e. The van der Waals surface area contributed by atoms with E-state index in [0.29, 0.717) is 17.9 Å². The molecule has 4 nitrogen and oxygen atoms in total. The van der Waals surface area contributed by atoms with Crippen LogP contribution in [0.4, 0.5) is 0 Å². The SMILES string of the molecule is CC1=CCc2cc3cc(-c4ccc(O)c(O)c4)oc3cc2OC1. The number of ether oxygens (including phenoxy) is 1. The van der Waals surface area contributed by atoms with Gasteiger partial charge in [0.2, 0.25) is 0 Å². The number of hydrogen-bond donors (Lipinski definition) is 2. The molecule has 0 bridgehead atoms. The molecule has 0 unspecified atom stereocenters. The van der Waals surface area contributed by atoms with E-state index in [-0.39, 0.29) is 11.5 Å². The summed E-state index contributed by atoms with van der Waals surface area (Å²) in [7, 11) is 0. The predicted molar refractivity (Wildman–Crippen MR) is 87.9 cm³/mol. The molecule has 1 aliphatic rings. The van der Waals surface area contributed by atoms with Gasteiger partial charge in [-0.3, -0.25) is 0 Å². The average Bonchev–Trinajstić information content (AvgIpc) is 2.86. The molecule has 0 aliphatic carbocycles. The van der Waals surface area contributed by atoms with Crippen molar-refractivity contribution in [2.45, 2.75) is 13.3 Å². The Balaban J connectivity index is 1.80. The molecule has 0 atom stereocenters. The van der Waals surface area contributed by atoms with Crippen LogP contribution in [0.2, 0.25) is 0 Å². The third-order valence-corrected chi connectivity index (χ3v) is 4.09. The van der Waals surface area contributed by atoms with Crippen LogP contribution in [-0.4, -0.2) is 16.8 Å². The Morgan fingerprint density at radius 2 is 1.87 bits per heavy atom. The highest BCUT2D eigenvalue weighted by atomic mass is 16.5. The third-order valence-electron chi connectivity index (χ3n) is 4.09. The van der Waals surface area contributed by atoms with Crippen molar-refractivity contribution in [3.8, 4) is 28.6 Å². The second-order valence-corrected chi connectivity index (χ2v) is 5.86. The van der Waals surface area contributed by atoms with Gasteiger partial charge in [0.05, 0.1) is 0 Å². The third kappa shape index (κ3) is 2.42. The number of fused-ring (bicyclic) bond motifs is 2. The van der Waals surface area contributed by atoms with Crippen LogP contribution in [0.5, 0.6) is 17.2 Å². The highest BCUT2D eigenvalue weighted by molar-refractivity contribution is 5.85. The molecule has 0 spiro atoms. The van der Waals surface area contributed by atoms with Crippen molar-refractivity contribution in [3.05, 3.63) is 53.6 Å². The molecule has 23 heavy (non-hydrogen) atoms. The highest BCUT2D eigenvalue weighted by Gasteiger charge is 2.14. The van der Waals surface area contributed by atoms with Crippen LogP contribution in [-0.2, 0) is 6.42 Å². The van der Waals surface area contributed by atoms with Gasteiger partial charge in [0.25, 0.3) is 0 Å². The van der Waals surface area contributed by atoms with Crippen molar-refractivity contribution in [3.63, 3.8) is 0 Å². The van der Waals surface area contributed by atoms with Crippen LogP contribution in [0.3, 0.4) is 0 Å². The minimum atomic E-state index is -0.164. The van der Waals surface area contributed by atoms with Crippen LogP contribution in [0, 0.1) is 0 Å². The second-order valence-electron chi connectivity index (χ2n) is 5.86. The summed E-state index contributed by atoms with van der Waals surface area (Å²) in [4.78, 5) is 0. The van der Waals surface area contributed by atoms with Gasteiger partial charge >= 0.3 is 0 Å². The molecule has 0 saturated carbocycles. The Hall–Kier alpha value is -2.88. The molecule has 3 aromatic rings. The standard InChI is InChI=1S/C19H16O4/c1-11-2-3-12-6-14-8-18(13-4-5-15(20)16(21)7-13)23-19(14)9-17(12)22-10-11/h2,4-9,20-21H,3,10H2,1H3. The first-order valence-electron chi connectivity index (χ1n) is 7.47. The number of phenols is 2. The lowest BCUT2D eigenvalue weighted by Gasteiger charge is -2.06. The summed E-state index contributed by atoms with van der Waals surface area (Å²) in [5.74, 6) is 1.18. The van der Waals surface area contributed by atoms with E-state index in [0.717, 1.165) is 28.7 Å². The van der Waals surface area contributed by atoms with Crippen molar-refractivity contribution in [2.24, 2.45) is 0 Å². The van der Waals surface area contributed by atoms with E-state index < -0.39 is 0 Å². The van der Waals surface area contributed by atoms with E-state index >= 15 is 0 Å². The molecular formula is C19H16O4. The van der Waals surface area contributed by atoms with E-state index in [4.69, 9.17) is 9.15 Å². The zero-order valence-corrected chi connectivity index (χ0v) is 12.7. The molecule has 2 N–H and O–H groups in total. The first-order chi connectivity index (χ1) is 11.1. The minimum Gasteiger partial charge on any atom is -0.504 e. The molecule has 0 amide bonds. The summed E-state index contributed by atoms with van der Waals surface area (Å²) in [5.41, 5.74) is 3.81. The van der Waals surface area contributed by atoms with Crippen LogP contribution in [0.1, 0.15) is 12.5 Å². The van der Waals surface area contributed by atoms with E-state index in [9.17, 15) is 10.2 Å². The molecule has 4 heteroatoms. The first-order valence-corrected chi connectivity index (χ1v) is 7.47. The van der Waals surface area contributed by atoms with Crippen molar-refractivity contribution in [1.29, 1.82) is 0 Å². The Bertz CT molecular complexity index is 934. The molecule has 0 radical (unpaired) electrons. The fourth-order valence-corrected chi connectivity index (χ4v) is 2.76. The molecule has 4 rings (SSSR count). The highest BCUT2D eigenvalue weighted by Crippen LogP contribution is 2.36. The Kier molecular flexibility index (Phi) is 3.05. The number of benzene rings is 2. The molecule has 0 fully saturated rings.